The minimum atomic E-state index is -1.07. The van der Waals surface area contributed by atoms with Crippen LogP contribution in [0.15, 0.2) is 60.8 Å². The first-order chi connectivity index (χ1) is 16.8. The maximum atomic E-state index is 14.0. The second-order valence-electron chi connectivity index (χ2n) is 8.12. The molecule has 0 saturated heterocycles. The lowest BCUT2D eigenvalue weighted by atomic mass is 9.97. The van der Waals surface area contributed by atoms with Crippen molar-refractivity contribution in [2.75, 3.05) is 6.61 Å². The zero-order chi connectivity index (χ0) is 25.1. The Balaban J connectivity index is 1.60. The van der Waals surface area contributed by atoms with E-state index in [2.05, 4.69) is 10.3 Å². The number of benzene rings is 2. The van der Waals surface area contributed by atoms with E-state index in [-0.39, 0.29) is 23.6 Å². The van der Waals surface area contributed by atoms with Crippen molar-refractivity contribution in [3.63, 3.8) is 0 Å². The standard InChI is InChI=1S/C26H25F2N3O4/c1-15(17-7-3-4-8-18(17)22(33)13-32)30-26(34)24-16(2)29-25-23(11-6-12-31(24)25)35-14-19-20(27)9-5-10-21(19)28/h3-12,15,22,32-33H,13-14H2,1-2H3,(H,30,34)/t15-,22+/m0/s1. The average Bonchev–Trinajstić information content (AvgIpc) is 3.19. The summed E-state index contributed by atoms with van der Waals surface area (Å²) >= 11 is 0. The van der Waals surface area contributed by atoms with Gasteiger partial charge in [-0.25, -0.2) is 13.8 Å². The van der Waals surface area contributed by atoms with Gasteiger partial charge in [0.05, 0.1) is 23.9 Å². The molecule has 0 aliphatic carbocycles. The summed E-state index contributed by atoms with van der Waals surface area (Å²) in [7, 11) is 0. The van der Waals surface area contributed by atoms with E-state index in [0.717, 1.165) is 12.1 Å². The highest BCUT2D eigenvalue weighted by Crippen LogP contribution is 2.26. The monoisotopic (exact) mass is 481 g/mol. The van der Waals surface area contributed by atoms with E-state index >= 15 is 0 Å². The molecule has 35 heavy (non-hydrogen) atoms. The molecule has 2 aromatic heterocycles. The molecule has 1 amide bonds. The van der Waals surface area contributed by atoms with Crippen LogP contribution in [0.4, 0.5) is 8.78 Å². The number of imidazole rings is 1. The molecule has 0 aliphatic heterocycles. The Morgan fingerprint density at radius 2 is 1.77 bits per heavy atom. The molecule has 0 fully saturated rings. The van der Waals surface area contributed by atoms with Gasteiger partial charge in [0.15, 0.2) is 11.4 Å². The maximum absolute atomic E-state index is 14.0. The van der Waals surface area contributed by atoms with E-state index in [1.807, 2.05) is 0 Å². The van der Waals surface area contributed by atoms with Crippen LogP contribution in [-0.4, -0.2) is 32.1 Å². The lowest BCUT2D eigenvalue weighted by Crippen LogP contribution is -2.29. The van der Waals surface area contributed by atoms with E-state index in [9.17, 15) is 23.8 Å². The van der Waals surface area contributed by atoms with Crippen LogP contribution in [-0.2, 0) is 6.61 Å². The summed E-state index contributed by atoms with van der Waals surface area (Å²) in [5.41, 5.74) is 2.03. The SMILES string of the molecule is Cc1nc2c(OCc3c(F)cccc3F)cccn2c1C(=O)N[C@@H](C)c1ccccc1[C@H](O)CO. The second-order valence-corrected chi connectivity index (χ2v) is 8.12. The largest absolute Gasteiger partial charge is 0.485 e. The number of aliphatic hydroxyl groups excluding tert-OH is 2. The molecule has 2 heterocycles. The number of pyridine rings is 1. The first-order valence-corrected chi connectivity index (χ1v) is 11.0. The summed E-state index contributed by atoms with van der Waals surface area (Å²) in [6.07, 6.45) is 0.580. The number of aryl methyl sites for hydroxylation is 1. The van der Waals surface area contributed by atoms with E-state index in [1.54, 1.807) is 60.8 Å². The average molecular weight is 481 g/mol. The quantitative estimate of drug-likeness (QED) is 0.353. The summed E-state index contributed by atoms with van der Waals surface area (Å²) in [5.74, 6) is -1.57. The molecule has 7 nitrogen and oxygen atoms in total. The fraction of sp³-hybridized carbons (Fsp3) is 0.231. The Kier molecular flexibility index (Phi) is 7.09. The fourth-order valence-corrected chi connectivity index (χ4v) is 4.01. The molecule has 0 radical (unpaired) electrons. The van der Waals surface area contributed by atoms with Crippen LogP contribution in [0.5, 0.6) is 5.75 Å². The van der Waals surface area contributed by atoms with Crippen LogP contribution in [0.2, 0.25) is 0 Å². The highest BCUT2D eigenvalue weighted by molar-refractivity contribution is 5.95. The molecule has 2 aromatic carbocycles. The number of hydrogen-bond donors (Lipinski definition) is 3. The number of fused-ring (bicyclic) bond motifs is 1. The number of nitrogens with zero attached hydrogens (tertiary/aromatic N) is 2. The first kappa shape index (κ1) is 24.3. The molecular weight excluding hydrogens is 456 g/mol. The Hall–Kier alpha value is -3.82. The number of carbonyl (C=O) groups excluding carboxylic acids is 1. The van der Waals surface area contributed by atoms with Crippen molar-refractivity contribution in [2.45, 2.75) is 32.6 Å². The maximum Gasteiger partial charge on any atom is 0.270 e. The van der Waals surface area contributed by atoms with Crippen molar-refractivity contribution in [3.05, 3.63) is 101 Å². The van der Waals surface area contributed by atoms with E-state index in [1.165, 1.54) is 6.07 Å². The molecule has 0 unspecified atom stereocenters. The second kappa shape index (κ2) is 10.2. The van der Waals surface area contributed by atoms with Gasteiger partial charge >= 0.3 is 0 Å². The van der Waals surface area contributed by atoms with Gasteiger partial charge in [0, 0.05) is 6.20 Å². The molecular formula is C26H25F2N3O4. The van der Waals surface area contributed by atoms with Crippen molar-refractivity contribution in [1.29, 1.82) is 0 Å². The highest BCUT2D eigenvalue weighted by Gasteiger charge is 2.23. The topological polar surface area (TPSA) is 96.1 Å². The summed E-state index contributed by atoms with van der Waals surface area (Å²) in [4.78, 5) is 17.7. The van der Waals surface area contributed by atoms with Crippen molar-refractivity contribution < 1.29 is 28.5 Å². The van der Waals surface area contributed by atoms with Crippen LogP contribution >= 0.6 is 0 Å². The molecule has 2 atom stereocenters. The molecule has 9 heteroatoms. The van der Waals surface area contributed by atoms with Gasteiger partial charge < -0.3 is 20.3 Å². The van der Waals surface area contributed by atoms with Gasteiger partial charge in [-0.3, -0.25) is 9.20 Å². The third kappa shape index (κ3) is 4.87. The van der Waals surface area contributed by atoms with Gasteiger partial charge in [0.1, 0.15) is 30.0 Å². The predicted molar refractivity (Wildman–Crippen MR) is 125 cm³/mol. The van der Waals surface area contributed by atoms with Crippen LogP contribution in [0.3, 0.4) is 0 Å². The minimum Gasteiger partial charge on any atom is -0.485 e. The van der Waals surface area contributed by atoms with Crippen LogP contribution < -0.4 is 10.1 Å². The molecule has 4 rings (SSSR count). The summed E-state index contributed by atoms with van der Waals surface area (Å²) < 4.78 is 35.2. The van der Waals surface area contributed by atoms with Gasteiger partial charge in [-0.1, -0.05) is 30.3 Å². The van der Waals surface area contributed by atoms with Gasteiger partial charge in [0.2, 0.25) is 0 Å². The van der Waals surface area contributed by atoms with Crippen molar-refractivity contribution >= 4 is 11.6 Å². The minimum absolute atomic E-state index is 0.201. The molecule has 3 N–H and O–H groups in total. The number of aromatic nitrogens is 2. The summed E-state index contributed by atoms with van der Waals surface area (Å²) in [6, 6.07) is 13.4. The Labute approximate surface area is 200 Å². The number of amides is 1. The van der Waals surface area contributed by atoms with E-state index in [4.69, 9.17) is 4.74 Å². The van der Waals surface area contributed by atoms with Gasteiger partial charge in [-0.2, -0.15) is 0 Å². The summed E-state index contributed by atoms with van der Waals surface area (Å²) in [5, 5.41) is 22.4. The van der Waals surface area contributed by atoms with Gasteiger partial charge in [-0.15, -0.1) is 0 Å². The summed E-state index contributed by atoms with van der Waals surface area (Å²) in [6.45, 7) is 2.67. The number of aliphatic hydroxyl groups is 2. The number of nitrogens with one attached hydrogen (secondary N) is 1. The molecule has 0 spiro atoms. The van der Waals surface area contributed by atoms with Gasteiger partial charge in [-0.05, 0) is 49.2 Å². The smallest absolute Gasteiger partial charge is 0.270 e. The third-order valence-electron chi connectivity index (χ3n) is 5.78. The Bertz CT molecular complexity index is 1350. The molecule has 4 aromatic rings. The lowest BCUT2D eigenvalue weighted by Gasteiger charge is -2.20. The number of hydrogen-bond acceptors (Lipinski definition) is 5. The van der Waals surface area contributed by atoms with Crippen molar-refractivity contribution in [1.82, 2.24) is 14.7 Å². The highest BCUT2D eigenvalue weighted by atomic mass is 19.1. The van der Waals surface area contributed by atoms with E-state index in [0.29, 0.717) is 22.5 Å². The van der Waals surface area contributed by atoms with Crippen LogP contribution in [0.25, 0.3) is 5.65 Å². The number of rotatable bonds is 8. The zero-order valence-corrected chi connectivity index (χ0v) is 19.2. The van der Waals surface area contributed by atoms with Gasteiger partial charge in [0.25, 0.3) is 5.91 Å². The number of halogens is 2. The van der Waals surface area contributed by atoms with Crippen molar-refractivity contribution in [2.24, 2.45) is 0 Å². The molecule has 0 aliphatic rings. The van der Waals surface area contributed by atoms with Crippen LogP contribution in [0, 0.1) is 18.6 Å². The van der Waals surface area contributed by atoms with Crippen molar-refractivity contribution in [3.8, 4) is 5.75 Å². The third-order valence-corrected chi connectivity index (χ3v) is 5.78. The molecule has 182 valence electrons. The first-order valence-electron chi connectivity index (χ1n) is 11.0. The molecule has 0 bridgehead atoms. The number of ether oxygens (including phenoxy) is 1. The lowest BCUT2D eigenvalue weighted by molar-refractivity contribution is 0.0911. The van der Waals surface area contributed by atoms with Crippen LogP contribution in [0.1, 0.15) is 51.9 Å². The van der Waals surface area contributed by atoms with E-state index < -0.39 is 36.3 Å². The zero-order valence-electron chi connectivity index (χ0n) is 19.2. The normalized spacial score (nSPS) is 13.0. The molecule has 0 saturated carbocycles. The fourth-order valence-electron chi connectivity index (χ4n) is 4.01. The Morgan fingerprint density at radius 3 is 2.46 bits per heavy atom. The number of carbonyl (C=O) groups is 1. The predicted octanol–water partition coefficient (Wildman–Crippen LogP) is 4.02. The Morgan fingerprint density at radius 1 is 1.09 bits per heavy atom.